The fraction of sp³-hybridized carbons (Fsp3) is 0.556. The zero-order valence-corrected chi connectivity index (χ0v) is 14.0. The van der Waals surface area contributed by atoms with E-state index in [0.717, 1.165) is 12.0 Å². The summed E-state index contributed by atoms with van der Waals surface area (Å²) in [5.41, 5.74) is 0.116. The summed E-state index contributed by atoms with van der Waals surface area (Å²) in [5.74, 6) is 0.651. The van der Waals surface area contributed by atoms with Gasteiger partial charge in [-0.1, -0.05) is 17.7 Å². The molecule has 0 spiro atoms. The molecule has 0 aromatic heterocycles. The van der Waals surface area contributed by atoms with E-state index >= 15 is 0 Å². The van der Waals surface area contributed by atoms with E-state index in [1.807, 2.05) is 31.2 Å². The number of amides is 2. The molecule has 2 fully saturated rings. The summed E-state index contributed by atoms with van der Waals surface area (Å²) in [6.45, 7) is 3.67. The van der Waals surface area contributed by atoms with E-state index in [-0.39, 0.29) is 31.5 Å². The van der Waals surface area contributed by atoms with Crippen molar-refractivity contribution in [2.24, 2.45) is 0 Å². The molecule has 1 aromatic rings. The van der Waals surface area contributed by atoms with E-state index in [9.17, 15) is 14.7 Å². The van der Waals surface area contributed by atoms with Crippen LogP contribution in [0.1, 0.15) is 24.8 Å². The van der Waals surface area contributed by atoms with Crippen molar-refractivity contribution in [1.29, 1.82) is 0 Å². The number of carbonyl (C=O) groups excluding carboxylic acids is 2. The first-order valence-corrected chi connectivity index (χ1v) is 8.43. The second kappa shape index (κ2) is 6.81. The normalized spacial score (nSPS) is 23.8. The Morgan fingerprint density at radius 2 is 2.04 bits per heavy atom. The average Bonchev–Trinajstić information content (AvgIpc) is 3.14. The molecule has 0 radical (unpaired) electrons. The van der Waals surface area contributed by atoms with Gasteiger partial charge in [-0.2, -0.15) is 0 Å². The maximum Gasteiger partial charge on any atom is 0.242 e. The molecular weight excluding hydrogens is 308 g/mol. The van der Waals surface area contributed by atoms with E-state index in [0.29, 0.717) is 31.7 Å². The highest BCUT2D eigenvalue weighted by Crippen LogP contribution is 2.24. The number of likely N-dealkylation sites (tertiary alicyclic amines) is 2. The number of hydrogen-bond donors (Lipinski definition) is 1. The summed E-state index contributed by atoms with van der Waals surface area (Å²) in [7, 11) is 0. The van der Waals surface area contributed by atoms with Gasteiger partial charge < -0.3 is 19.6 Å². The Kier molecular flexibility index (Phi) is 4.76. The molecule has 2 saturated heterocycles. The number of nitrogens with zero attached hydrogens (tertiary/aromatic N) is 2. The summed E-state index contributed by atoms with van der Waals surface area (Å²) in [6.07, 6.45) is 1.83. The number of benzene rings is 1. The Morgan fingerprint density at radius 1 is 1.29 bits per heavy atom. The number of hydrogen-bond acceptors (Lipinski definition) is 4. The average molecular weight is 332 g/mol. The summed E-state index contributed by atoms with van der Waals surface area (Å²) in [6, 6.07) is 7.65. The van der Waals surface area contributed by atoms with Crippen molar-refractivity contribution in [3.05, 3.63) is 29.8 Å². The lowest BCUT2D eigenvalue weighted by Crippen LogP contribution is -2.44. The van der Waals surface area contributed by atoms with Crippen LogP contribution in [0.2, 0.25) is 0 Å². The Bertz CT molecular complexity index is 616. The first-order chi connectivity index (χ1) is 11.5. The highest BCUT2D eigenvalue weighted by Gasteiger charge is 2.39. The van der Waals surface area contributed by atoms with E-state index in [1.54, 1.807) is 9.80 Å². The first-order valence-electron chi connectivity index (χ1n) is 8.43. The summed E-state index contributed by atoms with van der Waals surface area (Å²) < 4.78 is 5.67. The minimum absolute atomic E-state index is 0.0421. The molecule has 2 amide bonds. The molecule has 2 aliphatic heterocycles. The fourth-order valence-electron chi connectivity index (χ4n) is 3.17. The van der Waals surface area contributed by atoms with Gasteiger partial charge in [0.1, 0.15) is 18.0 Å². The zero-order chi connectivity index (χ0) is 17.2. The number of aliphatic hydroxyl groups is 1. The topological polar surface area (TPSA) is 70.1 Å². The molecular formula is C18H24N2O4. The van der Waals surface area contributed by atoms with Crippen molar-refractivity contribution in [2.45, 2.75) is 31.8 Å². The lowest BCUT2D eigenvalue weighted by molar-refractivity contribution is -0.138. The predicted octanol–water partition coefficient (Wildman–Crippen LogP) is 0.960. The Balaban J connectivity index is 1.50. The van der Waals surface area contributed by atoms with Crippen LogP contribution in [0, 0.1) is 6.92 Å². The largest absolute Gasteiger partial charge is 0.491 e. The molecule has 1 N–H and O–H groups in total. The van der Waals surface area contributed by atoms with Gasteiger partial charge in [-0.15, -0.1) is 0 Å². The zero-order valence-electron chi connectivity index (χ0n) is 14.0. The van der Waals surface area contributed by atoms with Crippen molar-refractivity contribution in [3.8, 4) is 5.75 Å². The molecule has 0 bridgehead atoms. The maximum absolute atomic E-state index is 12.3. The van der Waals surface area contributed by atoms with Crippen molar-refractivity contribution in [3.63, 3.8) is 0 Å². The SMILES string of the molecule is Cc1ccc(OCC2(O)CCN(C(=O)CN3CCCC3=O)C2)cc1. The predicted molar refractivity (Wildman–Crippen MR) is 88.6 cm³/mol. The monoisotopic (exact) mass is 332 g/mol. The Labute approximate surface area is 142 Å². The number of rotatable bonds is 5. The third-order valence-electron chi connectivity index (χ3n) is 4.71. The van der Waals surface area contributed by atoms with Crippen LogP contribution >= 0.6 is 0 Å². The lowest BCUT2D eigenvalue weighted by Gasteiger charge is -2.25. The quantitative estimate of drug-likeness (QED) is 0.872. The van der Waals surface area contributed by atoms with E-state index in [1.165, 1.54) is 0 Å². The van der Waals surface area contributed by atoms with E-state index in [4.69, 9.17) is 4.74 Å². The molecule has 0 aliphatic carbocycles. The smallest absolute Gasteiger partial charge is 0.242 e. The number of carbonyl (C=O) groups is 2. The van der Waals surface area contributed by atoms with Crippen LogP contribution in [0.25, 0.3) is 0 Å². The van der Waals surface area contributed by atoms with Gasteiger partial charge in [-0.3, -0.25) is 9.59 Å². The fourth-order valence-corrected chi connectivity index (χ4v) is 3.17. The van der Waals surface area contributed by atoms with Gasteiger partial charge in [0, 0.05) is 19.5 Å². The molecule has 1 unspecified atom stereocenters. The van der Waals surface area contributed by atoms with Crippen LogP contribution in [0.15, 0.2) is 24.3 Å². The molecule has 1 aromatic carbocycles. The molecule has 2 heterocycles. The van der Waals surface area contributed by atoms with Gasteiger partial charge in [0.25, 0.3) is 0 Å². The molecule has 0 saturated carbocycles. The minimum Gasteiger partial charge on any atom is -0.491 e. The molecule has 2 aliphatic rings. The van der Waals surface area contributed by atoms with Crippen molar-refractivity contribution < 1.29 is 19.4 Å². The summed E-state index contributed by atoms with van der Waals surface area (Å²) in [4.78, 5) is 27.2. The molecule has 130 valence electrons. The number of aryl methyl sites for hydroxylation is 1. The van der Waals surface area contributed by atoms with Gasteiger partial charge in [0.15, 0.2) is 0 Å². The van der Waals surface area contributed by atoms with Crippen LogP contribution in [0.4, 0.5) is 0 Å². The second-order valence-corrected chi connectivity index (χ2v) is 6.81. The molecule has 3 rings (SSSR count). The van der Waals surface area contributed by atoms with Gasteiger partial charge in [0.05, 0.1) is 13.1 Å². The third-order valence-corrected chi connectivity index (χ3v) is 4.71. The minimum atomic E-state index is -1.03. The Hall–Kier alpha value is -2.08. The lowest BCUT2D eigenvalue weighted by atomic mass is 10.1. The second-order valence-electron chi connectivity index (χ2n) is 6.81. The molecule has 6 heteroatoms. The molecule has 24 heavy (non-hydrogen) atoms. The van der Waals surface area contributed by atoms with Crippen LogP contribution < -0.4 is 4.74 Å². The molecule has 1 atom stereocenters. The van der Waals surface area contributed by atoms with Crippen molar-refractivity contribution >= 4 is 11.8 Å². The van der Waals surface area contributed by atoms with E-state index < -0.39 is 5.60 Å². The summed E-state index contributed by atoms with van der Waals surface area (Å²) >= 11 is 0. The van der Waals surface area contributed by atoms with Crippen molar-refractivity contribution in [1.82, 2.24) is 9.80 Å². The first kappa shape index (κ1) is 16.8. The number of β-amino-alcohol motifs (C(OH)–C–C–N with tert-alkyl or cyclic N) is 1. The number of ether oxygens (including phenoxy) is 1. The standard InChI is InChI=1S/C18H24N2O4/c1-14-4-6-15(7-5-14)24-13-18(23)8-10-20(12-18)17(22)11-19-9-2-3-16(19)21/h4-7,23H,2-3,8-13H2,1H3. The van der Waals surface area contributed by atoms with Gasteiger partial charge >= 0.3 is 0 Å². The third kappa shape index (κ3) is 3.87. The van der Waals surface area contributed by atoms with Crippen molar-refractivity contribution in [2.75, 3.05) is 32.8 Å². The van der Waals surface area contributed by atoms with Crippen LogP contribution in [0.3, 0.4) is 0 Å². The van der Waals surface area contributed by atoms with Gasteiger partial charge in [0.2, 0.25) is 11.8 Å². The van der Waals surface area contributed by atoms with Crippen LogP contribution in [-0.2, 0) is 9.59 Å². The van der Waals surface area contributed by atoms with Gasteiger partial charge in [-0.25, -0.2) is 0 Å². The summed E-state index contributed by atoms with van der Waals surface area (Å²) in [5, 5.41) is 10.6. The van der Waals surface area contributed by atoms with Crippen LogP contribution in [-0.4, -0.2) is 65.1 Å². The molecule has 6 nitrogen and oxygen atoms in total. The maximum atomic E-state index is 12.3. The van der Waals surface area contributed by atoms with Crippen LogP contribution in [0.5, 0.6) is 5.75 Å². The van der Waals surface area contributed by atoms with E-state index in [2.05, 4.69) is 0 Å². The van der Waals surface area contributed by atoms with Gasteiger partial charge in [-0.05, 0) is 31.9 Å². The Morgan fingerprint density at radius 3 is 2.71 bits per heavy atom. The highest BCUT2D eigenvalue weighted by atomic mass is 16.5. The highest BCUT2D eigenvalue weighted by molar-refractivity contribution is 5.86.